The Morgan fingerprint density at radius 2 is 1.75 bits per heavy atom. The van der Waals surface area contributed by atoms with Gasteiger partial charge in [-0.05, 0) is 38.0 Å². The molecule has 0 radical (unpaired) electrons. The van der Waals surface area contributed by atoms with Crippen LogP contribution in [0.1, 0.15) is 46.7 Å². The van der Waals surface area contributed by atoms with Crippen molar-refractivity contribution in [1.29, 1.82) is 5.26 Å². The number of nitrogens with two attached hydrogens (primary N) is 1. The molecular formula is C27H28N4O5. The van der Waals surface area contributed by atoms with Crippen LogP contribution in [0.3, 0.4) is 0 Å². The van der Waals surface area contributed by atoms with Crippen molar-refractivity contribution in [2.45, 2.75) is 32.1 Å². The number of Topliss-reactive ketones (excluding diaryl/α,β-unsaturated/α-hetero) is 1. The van der Waals surface area contributed by atoms with Gasteiger partial charge in [0, 0.05) is 28.8 Å². The van der Waals surface area contributed by atoms with Gasteiger partial charge in [0.05, 0.1) is 38.9 Å². The second kappa shape index (κ2) is 10.0. The van der Waals surface area contributed by atoms with Gasteiger partial charge in [-0.1, -0.05) is 23.8 Å². The van der Waals surface area contributed by atoms with Crippen molar-refractivity contribution in [1.82, 2.24) is 10.4 Å². The number of ether oxygens (including phenoxy) is 3. The molecule has 1 unspecified atom stereocenters. The van der Waals surface area contributed by atoms with E-state index >= 15 is 0 Å². The number of carbonyl (C=O) groups is 2. The number of methoxy groups -OCH3 is 3. The first-order valence-electron chi connectivity index (χ1n) is 11.5. The summed E-state index contributed by atoms with van der Waals surface area (Å²) in [6, 6.07) is 12.7. The van der Waals surface area contributed by atoms with E-state index in [9.17, 15) is 14.9 Å². The maximum atomic E-state index is 13.3. The van der Waals surface area contributed by atoms with Crippen LogP contribution in [0.25, 0.3) is 0 Å². The predicted molar refractivity (Wildman–Crippen MR) is 132 cm³/mol. The second-order valence-corrected chi connectivity index (χ2v) is 8.55. The number of nitrogens with zero attached hydrogens (tertiary/aromatic N) is 2. The number of benzene rings is 2. The van der Waals surface area contributed by atoms with Gasteiger partial charge in [0.2, 0.25) is 5.75 Å². The summed E-state index contributed by atoms with van der Waals surface area (Å²) in [6.45, 7) is 1.93. The predicted octanol–water partition coefficient (Wildman–Crippen LogP) is 3.47. The van der Waals surface area contributed by atoms with E-state index in [0.717, 1.165) is 5.56 Å². The van der Waals surface area contributed by atoms with Crippen molar-refractivity contribution < 1.29 is 23.8 Å². The highest BCUT2D eigenvalue weighted by molar-refractivity contribution is 6.00. The molecule has 9 nitrogen and oxygen atoms in total. The number of hydrazine groups is 1. The molecule has 1 amide bonds. The molecule has 1 heterocycles. The zero-order valence-corrected chi connectivity index (χ0v) is 20.7. The molecule has 4 rings (SSSR count). The summed E-state index contributed by atoms with van der Waals surface area (Å²) in [7, 11) is 4.48. The highest BCUT2D eigenvalue weighted by Crippen LogP contribution is 2.50. The normalized spacial score (nSPS) is 17.4. The largest absolute Gasteiger partial charge is 0.493 e. The molecule has 0 saturated heterocycles. The molecule has 1 atom stereocenters. The number of carbonyl (C=O) groups excluding carboxylic acids is 2. The van der Waals surface area contributed by atoms with E-state index in [0.29, 0.717) is 58.9 Å². The SMILES string of the molecule is COc1ccc(C2C(C#N)=C(N)N(NC(=O)c3ccc(C)cc3)C3=C2C(=O)CCC3)c(OC)c1OC. The monoisotopic (exact) mass is 488 g/mol. The van der Waals surface area contributed by atoms with Crippen LogP contribution < -0.4 is 25.4 Å². The molecule has 0 aromatic heterocycles. The lowest BCUT2D eigenvalue weighted by Crippen LogP contribution is -2.48. The maximum Gasteiger partial charge on any atom is 0.270 e. The smallest absolute Gasteiger partial charge is 0.270 e. The van der Waals surface area contributed by atoms with E-state index < -0.39 is 11.8 Å². The zero-order valence-electron chi connectivity index (χ0n) is 20.7. The molecular weight excluding hydrogens is 460 g/mol. The Morgan fingerprint density at radius 1 is 1.06 bits per heavy atom. The van der Waals surface area contributed by atoms with Gasteiger partial charge in [-0.2, -0.15) is 5.26 Å². The van der Waals surface area contributed by atoms with Crippen LogP contribution >= 0.6 is 0 Å². The first-order chi connectivity index (χ1) is 17.4. The number of nitriles is 1. The third-order valence-corrected chi connectivity index (χ3v) is 6.49. The van der Waals surface area contributed by atoms with Crippen LogP contribution in [0.15, 0.2) is 59.1 Å². The Balaban J connectivity index is 1.88. The van der Waals surface area contributed by atoms with Crippen LogP contribution in [0, 0.1) is 18.3 Å². The molecule has 0 saturated carbocycles. The number of allylic oxidation sites excluding steroid dienone is 3. The molecule has 0 fully saturated rings. The Kier molecular flexibility index (Phi) is 6.88. The topological polar surface area (TPSA) is 127 Å². The van der Waals surface area contributed by atoms with Crippen LogP contribution in [0.4, 0.5) is 0 Å². The summed E-state index contributed by atoms with van der Waals surface area (Å²) in [6.07, 6.45) is 1.42. The molecule has 2 aromatic rings. The number of hydrogen-bond acceptors (Lipinski definition) is 8. The standard InChI is InChI=1S/C27H28N4O5/c1-15-8-10-16(11-9-15)27(33)30-31-19-6-5-7-20(32)23(19)22(18(14-28)26(31)29)17-12-13-21(34-2)25(36-4)24(17)35-3/h8-13,22H,5-7,29H2,1-4H3,(H,30,33). The third-order valence-electron chi connectivity index (χ3n) is 6.49. The summed E-state index contributed by atoms with van der Waals surface area (Å²) in [5, 5.41) is 11.6. The third kappa shape index (κ3) is 4.11. The lowest BCUT2D eigenvalue weighted by molar-refractivity contribution is -0.116. The molecule has 9 heteroatoms. The number of ketones is 1. The van der Waals surface area contributed by atoms with E-state index in [-0.39, 0.29) is 17.2 Å². The quantitative estimate of drug-likeness (QED) is 0.633. The van der Waals surface area contributed by atoms with Crippen molar-refractivity contribution in [3.63, 3.8) is 0 Å². The Labute approximate surface area is 209 Å². The van der Waals surface area contributed by atoms with Crippen LogP contribution in [0.5, 0.6) is 17.2 Å². The van der Waals surface area contributed by atoms with Crippen molar-refractivity contribution >= 4 is 11.7 Å². The minimum absolute atomic E-state index is 0.0493. The average molecular weight is 489 g/mol. The summed E-state index contributed by atoms with van der Waals surface area (Å²) >= 11 is 0. The van der Waals surface area contributed by atoms with Crippen LogP contribution in [-0.2, 0) is 4.79 Å². The van der Waals surface area contributed by atoms with Gasteiger partial charge < -0.3 is 19.9 Å². The van der Waals surface area contributed by atoms with Gasteiger partial charge >= 0.3 is 0 Å². The van der Waals surface area contributed by atoms with Crippen molar-refractivity contribution in [3.05, 3.63) is 75.8 Å². The highest BCUT2D eigenvalue weighted by atomic mass is 16.5. The molecule has 2 aliphatic rings. The average Bonchev–Trinajstić information content (AvgIpc) is 2.89. The summed E-state index contributed by atoms with van der Waals surface area (Å²) in [5.41, 5.74) is 12.4. The zero-order chi connectivity index (χ0) is 26.0. The van der Waals surface area contributed by atoms with Crippen molar-refractivity contribution in [2.24, 2.45) is 5.73 Å². The minimum Gasteiger partial charge on any atom is -0.493 e. The fourth-order valence-electron chi connectivity index (χ4n) is 4.75. The van der Waals surface area contributed by atoms with E-state index in [1.807, 2.05) is 19.1 Å². The number of amides is 1. The number of nitrogens with one attached hydrogen (secondary N) is 1. The Morgan fingerprint density at radius 3 is 2.36 bits per heavy atom. The molecule has 186 valence electrons. The fourth-order valence-corrected chi connectivity index (χ4v) is 4.75. The van der Waals surface area contributed by atoms with E-state index in [4.69, 9.17) is 19.9 Å². The van der Waals surface area contributed by atoms with Gasteiger partial charge in [0.1, 0.15) is 5.82 Å². The molecule has 36 heavy (non-hydrogen) atoms. The maximum absolute atomic E-state index is 13.3. The summed E-state index contributed by atoms with van der Waals surface area (Å²) in [4.78, 5) is 26.4. The van der Waals surface area contributed by atoms with Crippen LogP contribution in [0.2, 0.25) is 0 Å². The Hall–Kier alpha value is -4.45. The summed E-state index contributed by atoms with van der Waals surface area (Å²) in [5.74, 6) is -0.136. The fraction of sp³-hybridized carbons (Fsp3) is 0.296. The summed E-state index contributed by atoms with van der Waals surface area (Å²) < 4.78 is 16.6. The van der Waals surface area contributed by atoms with Crippen molar-refractivity contribution in [2.75, 3.05) is 21.3 Å². The molecule has 2 aromatic carbocycles. The number of aryl methyl sites for hydroxylation is 1. The van der Waals surface area contributed by atoms with Crippen LogP contribution in [-0.4, -0.2) is 38.0 Å². The Bertz CT molecular complexity index is 1320. The van der Waals surface area contributed by atoms with Gasteiger partial charge in [-0.15, -0.1) is 0 Å². The molecule has 1 aliphatic carbocycles. The lowest BCUT2D eigenvalue weighted by Gasteiger charge is -2.39. The van der Waals surface area contributed by atoms with Gasteiger partial charge in [0.15, 0.2) is 17.3 Å². The second-order valence-electron chi connectivity index (χ2n) is 8.55. The lowest BCUT2D eigenvalue weighted by atomic mass is 9.75. The minimum atomic E-state index is -0.792. The molecule has 0 spiro atoms. The first kappa shape index (κ1) is 24.7. The molecule has 3 N–H and O–H groups in total. The van der Waals surface area contributed by atoms with Gasteiger partial charge in [-0.3, -0.25) is 15.0 Å². The van der Waals surface area contributed by atoms with E-state index in [1.54, 1.807) is 24.3 Å². The highest BCUT2D eigenvalue weighted by Gasteiger charge is 2.42. The number of hydrogen-bond donors (Lipinski definition) is 2. The van der Waals surface area contributed by atoms with E-state index in [1.165, 1.54) is 26.3 Å². The van der Waals surface area contributed by atoms with Gasteiger partial charge in [-0.25, -0.2) is 5.01 Å². The number of rotatable bonds is 6. The van der Waals surface area contributed by atoms with Gasteiger partial charge in [0.25, 0.3) is 5.91 Å². The molecule has 0 bridgehead atoms. The van der Waals surface area contributed by atoms with E-state index in [2.05, 4.69) is 11.5 Å². The molecule has 1 aliphatic heterocycles. The van der Waals surface area contributed by atoms with Crippen molar-refractivity contribution in [3.8, 4) is 23.3 Å². The first-order valence-corrected chi connectivity index (χ1v) is 11.5.